The van der Waals surface area contributed by atoms with Gasteiger partial charge in [-0.3, -0.25) is 4.79 Å². The molecule has 0 aliphatic rings. The van der Waals surface area contributed by atoms with Crippen LogP contribution >= 0.6 is 31.9 Å². The van der Waals surface area contributed by atoms with Crippen molar-refractivity contribution >= 4 is 37.8 Å². The second-order valence-electron chi connectivity index (χ2n) is 7.56. The van der Waals surface area contributed by atoms with Gasteiger partial charge in [-0.1, -0.05) is 98.6 Å². The summed E-state index contributed by atoms with van der Waals surface area (Å²) in [5.41, 5.74) is 9.15. The molecule has 1 atom stereocenters. The highest BCUT2D eigenvalue weighted by atomic mass is 79.9. The highest BCUT2D eigenvalue weighted by Gasteiger charge is 2.29. The third-order valence-corrected chi connectivity index (χ3v) is 6.58. The number of benzene rings is 3. The molecule has 0 spiro atoms. The number of rotatable bonds is 9. The summed E-state index contributed by atoms with van der Waals surface area (Å²) in [7, 11) is 0. The average Bonchev–Trinajstić information content (AvgIpc) is 2.85. The topological polar surface area (TPSA) is 74.4 Å². The molecule has 1 heterocycles. The van der Waals surface area contributed by atoms with Gasteiger partial charge in [-0.2, -0.15) is 4.98 Å². The number of hydrogen-bond donors (Lipinski definition) is 1. The third kappa shape index (κ3) is 5.85. The van der Waals surface area contributed by atoms with E-state index in [0.717, 1.165) is 20.1 Å². The van der Waals surface area contributed by atoms with Crippen molar-refractivity contribution in [1.82, 2.24) is 4.98 Å². The fourth-order valence-corrected chi connectivity index (χ4v) is 5.00. The fourth-order valence-electron chi connectivity index (χ4n) is 3.54. The smallest absolute Gasteiger partial charge is 0.229 e. The summed E-state index contributed by atoms with van der Waals surface area (Å²) in [5, 5.41) is 0. The number of hydrogen-bond acceptors (Lipinski definition) is 4. The van der Waals surface area contributed by atoms with Crippen molar-refractivity contribution in [2.24, 2.45) is 5.73 Å². The second kappa shape index (κ2) is 11.3. The van der Waals surface area contributed by atoms with Crippen LogP contribution in [0.3, 0.4) is 0 Å². The summed E-state index contributed by atoms with van der Waals surface area (Å²) in [6.45, 7) is 0.645. The van der Waals surface area contributed by atoms with Crippen LogP contribution in [0.1, 0.15) is 28.2 Å². The number of ether oxygens (including phenoxy) is 2. The Kier molecular flexibility index (Phi) is 7.98. The molecule has 1 aromatic heterocycles. The van der Waals surface area contributed by atoms with Gasteiger partial charge in [-0.25, -0.2) is 0 Å². The number of primary amides is 1. The van der Waals surface area contributed by atoms with Gasteiger partial charge in [-0.15, -0.1) is 0 Å². The number of halogens is 2. The van der Waals surface area contributed by atoms with E-state index >= 15 is 0 Å². The van der Waals surface area contributed by atoms with E-state index in [1.165, 1.54) is 0 Å². The largest absolute Gasteiger partial charge is 0.473 e. The van der Waals surface area contributed by atoms with Crippen LogP contribution in [-0.2, 0) is 18.0 Å². The van der Waals surface area contributed by atoms with E-state index in [1.54, 1.807) is 12.1 Å². The monoisotopic (exact) mass is 580 g/mol. The summed E-state index contributed by atoms with van der Waals surface area (Å²) in [6, 6.07) is 28.7. The molecule has 1 amide bonds. The summed E-state index contributed by atoms with van der Waals surface area (Å²) in [6.07, 6.45) is 0. The van der Waals surface area contributed by atoms with Gasteiger partial charge >= 0.3 is 0 Å². The van der Waals surface area contributed by atoms with Crippen molar-refractivity contribution in [2.45, 2.75) is 19.1 Å². The van der Waals surface area contributed by atoms with Crippen LogP contribution in [0, 0.1) is 0 Å². The number of pyridine rings is 1. The lowest BCUT2D eigenvalue weighted by molar-refractivity contribution is -0.118. The minimum absolute atomic E-state index is 0.283. The first-order valence-electron chi connectivity index (χ1n) is 10.6. The van der Waals surface area contributed by atoms with Gasteiger partial charge in [0.25, 0.3) is 0 Å². The molecule has 0 aliphatic heterocycles. The third-order valence-electron chi connectivity index (χ3n) is 5.20. The number of nitrogens with zero attached hydrogens (tertiary/aromatic N) is 1. The van der Waals surface area contributed by atoms with Gasteiger partial charge in [0.15, 0.2) is 0 Å². The Balaban J connectivity index is 1.71. The van der Waals surface area contributed by atoms with Crippen LogP contribution in [0.5, 0.6) is 11.8 Å². The van der Waals surface area contributed by atoms with E-state index in [0.29, 0.717) is 29.5 Å². The van der Waals surface area contributed by atoms with E-state index in [9.17, 15) is 4.79 Å². The first-order chi connectivity index (χ1) is 16.5. The van der Waals surface area contributed by atoms with Gasteiger partial charge in [-0.05, 0) is 34.9 Å². The molecule has 34 heavy (non-hydrogen) atoms. The number of carbonyl (C=O) groups is 1. The van der Waals surface area contributed by atoms with Crippen molar-refractivity contribution in [3.8, 4) is 11.8 Å². The van der Waals surface area contributed by atoms with Crippen molar-refractivity contribution in [1.29, 1.82) is 0 Å². The van der Waals surface area contributed by atoms with Crippen molar-refractivity contribution in [2.75, 3.05) is 0 Å². The van der Waals surface area contributed by atoms with Crippen LogP contribution in [0.25, 0.3) is 0 Å². The van der Waals surface area contributed by atoms with Gasteiger partial charge in [0, 0.05) is 20.6 Å². The van der Waals surface area contributed by atoms with Crippen molar-refractivity contribution < 1.29 is 14.3 Å². The van der Waals surface area contributed by atoms with E-state index in [4.69, 9.17) is 15.2 Å². The van der Waals surface area contributed by atoms with E-state index < -0.39 is 11.8 Å². The Morgan fingerprint density at radius 3 is 1.88 bits per heavy atom. The summed E-state index contributed by atoms with van der Waals surface area (Å²) in [5.74, 6) is -0.616. The molecule has 0 radical (unpaired) electrons. The zero-order valence-electron chi connectivity index (χ0n) is 18.2. The molecule has 0 aliphatic carbocycles. The van der Waals surface area contributed by atoms with E-state index in [1.807, 2.05) is 78.9 Å². The second-order valence-corrected chi connectivity index (χ2v) is 9.27. The molecule has 1 unspecified atom stereocenters. The lowest BCUT2D eigenvalue weighted by atomic mass is 9.91. The predicted molar refractivity (Wildman–Crippen MR) is 139 cm³/mol. The van der Waals surface area contributed by atoms with Crippen LogP contribution < -0.4 is 15.2 Å². The van der Waals surface area contributed by atoms with E-state index in [2.05, 4.69) is 36.8 Å². The zero-order chi connectivity index (χ0) is 23.9. The average molecular weight is 582 g/mol. The number of nitrogens with two attached hydrogens (primary N) is 1. The van der Waals surface area contributed by atoms with Crippen LogP contribution in [-0.4, -0.2) is 10.9 Å². The molecule has 5 nitrogen and oxygen atoms in total. The zero-order valence-corrected chi connectivity index (χ0v) is 21.3. The van der Waals surface area contributed by atoms with Crippen molar-refractivity contribution in [3.63, 3.8) is 0 Å². The van der Waals surface area contributed by atoms with Gasteiger partial charge in [0.2, 0.25) is 17.7 Å². The molecule has 2 N–H and O–H groups in total. The summed E-state index contributed by atoms with van der Waals surface area (Å²) < 4.78 is 13.5. The van der Waals surface area contributed by atoms with Gasteiger partial charge in [0.05, 0.1) is 5.92 Å². The number of amides is 1. The van der Waals surface area contributed by atoms with Crippen LogP contribution in [0.2, 0.25) is 0 Å². The summed E-state index contributed by atoms with van der Waals surface area (Å²) >= 11 is 7.11. The first kappa shape index (κ1) is 24.0. The molecular weight excluding hydrogens is 560 g/mol. The molecule has 0 saturated heterocycles. The lowest BCUT2D eigenvalue weighted by Crippen LogP contribution is -2.24. The standard InChI is InChI=1S/C27H22Br2N2O3/c28-21-12-7-13-22(29)25(21)24(26(30)32)20-14-15-23(33-16-18-8-3-1-4-9-18)31-27(20)34-17-19-10-5-2-6-11-19/h1-15,24H,16-17H2,(H2,30,32). The van der Waals surface area contributed by atoms with Crippen LogP contribution in [0.4, 0.5) is 0 Å². The highest BCUT2D eigenvalue weighted by molar-refractivity contribution is 9.11. The van der Waals surface area contributed by atoms with Crippen molar-refractivity contribution in [3.05, 3.63) is 122 Å². The quantitative estimate of drug-likeness (QED) is 0.249. The maximum Gasteiger partial charge on any atom is 0.229 e. The SMILES string of the molecule is NC(=O)C(c1ccc(OCc2ccccc2)nc1OCc1ccccc1)c1c(Br)cccc1Br. The van der Waals surface area contributed by atoms with Gasteiger partial charge < -0.3 is 15.2 Å². The Bertz CT molecular complexity index is 1250. The Labute approximate surface area is 215 Å². The number of aromatic nitrogens is 1. The Hall–Kier alpha value is -3.16. The molecule has 7 heteroatoms. The maximum atomic E-state index is 12.7. The van der Waals surface area contributed by atoms with E-state index in [-0.39, 0.29) is 6.61 Å². The molecule has 4 rings (SSSR count). The molecule has 172 valence electrons. The lowest BCUT2D eigenvalue weighted by Gasteiger charge is -2.21. The normalized spacial score (nSPS) is 11.6. The molecule has 0 bridgehead atoms. The predicted octanol–water partition coefficient (Wildman–Crippen LogP) is 6.38. The maximum absolute atomic E-state index is 12.7. The van der Waals surface area contributed by atoms with Gasteiger partial charge in [0.1, 0.15) is 13.2 Å². The van der Waals surface area contributed by atoms with Crippen LogP contribution in [0.15, 0.2) is 99.9 Å². The first-order valence-corrected chi connectivity index (χ1v) is 12.2. The summed E-state index contributed by atoms with van der Waals surface area (Å²) in [4.78, 5) is 17.3. The molecule has 0 saturated carbocycles. The highest BCUT2D eigenvalue weighted by Crippen LogP contribution is 2.39. The Morgan fingerprint density at radius 1 is 0.765 bits per heavy atom. The minimum Gasteiger partial charge on any atom is -0.473 e. The fraction of sp³-hybridized carbons (Fsp3) is 0.111. The molecule has 0 fully saturated rings. The molecule has 4 aromatic rings. The Morgan fingerprint density at radius 2 is 1.32 bits per heavy atom. The molecular formula is C27H22Br2N2O3. The minimum atomic E-state index is -0.786. The molecule has 3 aromatic carbocycles. The number of carbonyl (C=O) groups excluding carboxylic acids is 1.